The molecule has 0 spiro atoms. The standard InChI is InChI=1S/C20H17F6NO3/c1-18(2)16(28)15(27-17(29)10-3-6-12(21)7-4-10)13-9-11(5-8-14(13)30-18)19(22,23)20(24,25)26/h3-9,15-16,28H,1-2H3,(H,27,29)/t15-,16+/m0/s1. The number of aliphatic hydroxyl groups is 1. The second-order valence-corrected chi connectivity index (χ2v) is 7.43. The lowest BCUT2D eigenvalue weighted by atomic mass is 9.85. The molecule has 3 rings (SSSR count). The fourth-order valence-corrected chi connectivity index (χ4v) is 3.14. The van der Waals surface area contributed by atoms with Gasteiger partial charge in [-0.25, -0.2) is 4.39 Å². The summed E-state index contributed by atoms with van der Waals surface area (Å²) in [4.78, 5) is 12.5. The fraction of sp³-hybridized carbons (Fsp3) is 0.350. The van der Waals surface area contributed by atoms with Crippen LogP contribution in [-0.2, 0) is 5.92 Å². The average molecular weight is 433 g/mol. The van der Waals surface area contributed by atoms with E-state index in [9.17, 15) is 36.2 Å². The van der Waals surface area contributed by atoms with Crippen molar-refractivity contribution >= 4 is 5.91 Å². The van der Waals surface area contributed by atoms with Crippen LogP contribution in [0.15, 0.2) is 42.5 Å². The van der Waals surface area contributed by atoms with Crippen LogP contribution >= 0.6 is 0 Å². The summed E-state index contributed by atoms with van der Waals surface area (Å²) < 4.78 is 84.6. The average Bonchev–Trinajstić information content (AvgIpc) is 2.64. The Morgan fingerprint density at radius 2 is 1.67 bits per heavy atom. The van der Waals surface area contributed by atoms with Crippen molar-refractivity contribution in [3.05, 3.63) is 65.0 Å². The third-order valence-corrected chi connectivity index (χ3v) is 4.86. The van der Waals surface area contributed by atoms with Gasteiger partial charge in [0.15, 0.2) is 0 Å². The van der Waals surface area contributed by atoms with Crippen LogP contribution in [0.1, 0.15) is 41.4 Å². The van der Waals surface area contributed by atoms with E-state index in [-0.39, 0.29) is 16.9 Å². The zero-order valence-electron chi connectivity index (χ0n) is 15.7. The molecule has 2 aromatic rings. The van der Waals surface area contributed by atoms with Crippen LogP contribution in [0.4, 0.5) is 26.3 Å². The number of fused-ring (bicyclic) bond motifs is 1. The van der Waals surface area contributed by atoms with Gasteiger partial charge in [0.05, 0.1) is 6.04 Å². The smallest absolute Gasteiger partial charge is 0.458 e. The van der Waals surface area contributed by atoms with Crippen molar-refractivity contribution in [1.29, 1.82) is 0 Å². The van der Waals surface area contributed by atoms with Crippen LogP contribution < -0.4 is 10.1 Å². The molecule has 0 fully saturated rings. The number of carbonyl (C=O) groups is 1. The Hall–Kier alpha value is -2.75. The van der Waals surface area contributed by atoms with Gasteiger partial charge in [-0.1, -0.05) is 0 Å². The second kappa shape index (κ2) is 7.19. The molecule has 1 aliphatic rings. The molecule has 30 heavy (non-hydrogen) atoms. The number of ether oxygens (including phenoxy) is 1. The highest BCUT2D eigenvalue weighted by Gasteiger charge is 2.59. The Morgan fingerprint density at radius 1 is 1.07 bits per heavy atom. The molecule has 162 valence electrons. The second-order valence-electron chi connectivity index (χ2n) is 7.43. The minimum atomic E-state index is -5.83. The summed E-state index contributed by atoms with van der Waals surface area (Å²) in [5.41, 5.74) is -2.88. The molecular weight excluding hydrogens is 416 g/mol. The summed E-state index contributed by atoms with van der Waals surface area (Å²) in [7, 11) is 0. The molecular formula is C20H17F6NO3. The van der Waals surface area contributed by atoms with Gasteiger partial charge in [0.2, 0.25) is 0 Å². The molecule has 0 aliphatic carbocycles. The summed E-state index contributed by atoms with van der Waals surface area (Å²) in [5.74, 6) is -6.58. The number of alkyl halides is 5. The molecule has 0 radical (unpaired) electrons. The highest BCUT2D eigenvalue weighted by molar-refractivity contribution is 5.94. The number of nitrogens with one attached hydrogen (secondary N) is 1. The first-order valence-corrected chi connectivity index (χ1v) is 8.76. The van der Waals surface area contributed by atoms with Gasteiger partial charge in [0.25, 0.3) is 5.91 Å². The van der Waals surface area contributed by atoms with E-state index in [1.54, 1.807) is 0 Å². The zero-order valence-corrected chi connectivity index (χ0v) is 15.7. The topological polar surface area (TPSA) is 58.6 Å². The molecule has 10 heteroatoms. The van der Waals surface area contributed by atoms with Gasteiger partial charge < -0.3 is 15.2 Å². The van der Waals surface area contributed by atoms with Crippen LogP contribution in [0, 0.1) is 5.82 Å². The van der Waals surface area contributed by atoms with Crippen LogP contribution in [0.5, 0.6) is 5.75 Å². The summed E-state index contributed by atoms with van der Waals surface area (Å²) in [6.07, 6.45) is -7.31. The van der Waals surface area contributed by atoms with E-state index in [1.165, 1.54) is 13.8 Å². The van der Waals surface area contributed by atoms with Gasteiger partial charge in [-0.3, -0.25) is 4.79 Å². The SMILES string of the molecule is CC1(C)Oc2ccc(C(F)(F)C(F)(F)F)cc2[C@H](NC(=O)c2ccc(F)cc2)[C@H]1O. The Balaban J connectivity index is 2.04. The largest absolute Gasteiger partial charge is 0.485 e. The van der Waals surface area contributed by atoms with Gasteiger partial charge in [0.1, 0.15) is 23.3 Å². The van der Waals surface area contributed by atoms with Crippen molar-refractivity contribution in [3.63, 3.8) is 0 Å². The molecule has 0 unspecified atom stereocenters. The van der Waals surface area contributed by atoms with E-state index in [0.29, 0.717) is 12.1 Å². The van der Waals surface area contributed by atoms with Crippen molar-refractivity contribution < 1.29 is 41.0 Å². The minimum Gasteiger partial charge on any atom is -0.485 e. The Morgan fingerprint density at radius 3 is 2.23 bits per heavy atom. The lowest BCUT2D eigenvalue weighted by molar-refractivity contribution is -0.289. The number of amides is 1. The third kappa shape index (κ3) is 3.83. The van der Waals surface area contributed by atoms with Crippen LogP contribution in [-0.4, -0.2) is 28.9 Å². The number of hydrogen-bond donors (Lipinski definition) is 2. The molecule has 0 aromatic heterocycles. The predicted molar refractivity (Wildman–Crippen MR) is 93.7 cm³/mol. The maximum Gasteiger partial charge on any atom is 0.458 e. The first kappa shape index (κ1) is 21.9. The molecule has 2 atom stereocenters. The lowest BCUT2D eigenvalue weighted by Gasteiger charge is -2.42. The summed E-state index contributed by atoms with van der Waals surface area (Å²) in [5, 5.41) is 13.0. The number of hydrogen-bond acceptors (Lipinski definition) is 3. The highest BCUT2D eigenvalue weighted by atomic mass is 19.4. The molecule has 0 bridgehead atoms. The molecule has 4 nitrogen and oxygen atoms in total. The maximum absolute atomic E-state index is 13.8. The highest BCUT2D eigenvalue weighted by Crippen LogP contribution is 2.47. The molecule has 1 aliphatic heterocycles. The van der Waals surface area contributed by atoms with E-state index in [0.717, 1.165) is 30.3 Å². The first-order chi connectivity index (χ1) is 13.7. The van der Waals surface area contributed by atoms with Gasteiger partial charge in [0, 0.05) is 16.7 Å². The van der Waals surface area contributed by atoms with Crippen LogP contribution in [0.2, 0.25) is 0 Å². The zero-order chi connectivity index (χ0) is 22.5. The molecule has 0 saturated carbocycles. The summed E-state index contributed by atoms with van der Waals surface area (Å²) >= 11 is 0. The number of benzene rings is 2. The normalized spacial score (nSPS) is 20.8. The van der Waals surface area contributed by atoms with Gasteiger partial charge >= 0.3 is 12.1 Å². The number of aliphatic hydroxyl groups excluding tert-OH is 1. The molecule has 2 N–H and O–H groups in total. The van der Waals surface area contributed by atoms with Crippen molar-refractivity contribution in [3.8, 4) is 5.75 Å². The monoisotopic (exact) mass is 433 g/mol. The van der Waals surface area contributed by atoms with E-state index in [4.69, 9.17) is 4.74 Å². The van der Waals surface area contributed by atoms with Crippen molar-refractivity contribution in [2.45, 2.75) is 43.7 Å². The number of rotatable bonds is 3. The van der Waals surface area contributed by atoms with Gasteiger partial charge in [-0.15, -0.1) is 0 Å². The molecule has 2 aromatic carbocycles. The van der Waals surface area contributed by atoms with E-state index in [1.807, 2.05) is 0 Å². The predicted octanol–water partition coefficient (Wildman–Crippen LogP) is 4.48. The number of carbonyl (C=O) groups excluding carboxylic acids is 1. The summed E-state index contributed by atoms with van der Waals surface area (Å²) in [6, 6.07) is 5.09. The quantitative estimate of drug-likeness (QED) is 0.702. The van der Waals surface area contributed by atoms with E-state index >= 15 is 0 Å². The van der Waals surface area contributed by atoms with E-state index in [2.05, 4.69) is 5.32 Å². The third-order valence-electron chi connectivity index (χ3n) is 4.86. The van der Waals surface area contributed by atoms with E-state index < -0.39 is 47.1 Å². The van der Waals surface area contributed by atoms with Crippen molar-refractivity contribution in [2.75, 3.05) is 0 Å². The molecule has 1 amide bonds. The Bertz CT molecular complexity index is 956. The Labute approximate surface area is 167 Å². The van der Waals surface area contributed by atoms with Gasteiger partial charge in [-0.2, -0.15) is 22.0 Å². The lowest BCUT2D eigenvalue weighted by Crippen LogP contribution is -2.53. The summed E-state index contributed by atoms with van der Waals surface area (Å²) in [6.45, 7) is 2.94. The van der Waals surface area contributed by atoms with Crippen LogP contribution in [0.25, 0.3) is 0 Å². The fourth-order valence-electron chi connectivity index (χ4n) is 3.14. The van der Waals surface area contributed by atoms with Gasteiger partial charge in [-0.05, 0) is 56.3 Å². The first-order valence-electron chi connectivity index (χ1n) is 8.76. The van der Waals surface area contributed by atoms with Crippen molar-refractivity contribution in [2.24, 2.45) is 0 Å². The minimum absolute atomic E-state index is 0.00576. The maximum atomic E-state index is 13.8. The molecule has 1 heterocycles. The number of halogens is 6. The van der Waals surface area contributed by atoms with Crippen LogP contribution in [0.3, 0.4) is 0 Å². The van der Waals surface area contributed by atoms with Crippen molar-refractivity contribution in [1.82, 2.24) is 5.32 Å². The Kier molecular flexibility index (Phi) is 5.26. The molecule has 0 saturated heterocycles.